The molecule has 2 aromatic rings. The first kappa shape index (κ1) is 22.5. The maximum Gasteiger partial charge on any atom is 0.407 e. The predicted molar refractivity (Wildman–Crippen MR) is 111 cm³/mol. The number of phenolic OH excluding ortho intramolecular Hbond substituents is 2. The van der Waals surface area contributed by atoms with Crippen molar-refractivity contribution >= 4 is 6.09 Å². The highest BCUT2D eigenvalue weighted by Crippen LogP contribution is 2.27. The fourth-order valence-electron chi connectivity index (χ4n) is 2.82. The van der Waals surface area contributed by atoms with E-state index < -0.39 is 12.2 Å². The van der Waals surface area contributed by atoms with Crippen molar-refractivity contribution in [1.29, 1.82) is 0 Å². The van der Waals surface area contributed by atoms with Gasteiger partial charge in [0.15, 0.2) is 11.5 Å². The Bertz CT molecular complexity index is 754. The minimum absolute atomic E-state index is 0.195. The van der Waals surface area contributed by atoms with E-state index in [1.54, 1.807) is 6.07 Å². The monoisotopic (exact) mass is 402 g/mol. The number of aliphatic hydroxyl groups is 1. The Balaban J connectivity index is 1.53. The summed E-state index contributed by atoms with van der Waals surface area (Å²) in [5, 5.41) is 35.0. The van der Waals surface area contributed by atoms with Crippen LogP contribution in [0.2, 0.25) is 0 Å². The molecule has 0 aliphatic carbocycles. The van der Waals surface area contributed by atoms with Crippen LogP contribution in [0.3, 0.4) is 0 Å². The summed E-state index contributed by atoms with van der Waals surface area (Å²) in [6.45, 7) is 3.18. The number of alkyl carbamates (subject to hydrolysis) is 1. The first-order chi connectivity index (χ1) is 14.0. The number of hydrogen-bond donors (Lipinski definition) is 5. The van der Waals surface area contributed by atoms with Gasteiger partial charge < -0.3 is 30.7 Å². The first-order valence-electron chi connectivity index (χ1n) is 9.83. The molecule has 29 heavy (non-hydrogen) atoms. The minimum atomic E-state index is -0.773. The SMILES string of the molecule is CC(CCCCNC(=O)OCc1ccccc1)NCC(O)c1ccc(O)c(O)c1. The molecule has 0 aliphatic heterocycles. The van der Waals surface area contributed by atoms with Crippen molar-refractivity contribution in [3.63, 3.8) is 0 Å². The molecule has 7 nitrogen and oxygen atoms in total. The molecule has 0 aliphatic rings. The Morgan fingerprint density at radius 1 is 1.07 bits per heavy atom. The van der Waals surface area contributed by atoms with Gasteiger partial charge in [-0.1, -0.05) is 42.8 Å². The van der Waals surface area contributed by atoms with Crippen LogP contribution < -0.4 is 10.6 Å². The summed E-state index contributed by atoms with van der Waals surface area (Å²) in [6, 6.07) is 14.0. The lowest BCUT2D eigenvalue weighted by Crippen LogP contribution is -2.30. The maximum absolute atomic E-state index is 11.7. The molecule has 0 spiro atoms. The van der Waals surface area contributed by atoms with E-state index in [0.717, 1.165) is 24.8 Å². The molecule has 2 aromatic carbocycles. The van der Waals surface area contributed by atoms with Crippen LogP contribution in [-0.4, -0.2) is 40.5 Å². The van der Waals surface area contributed by atoms with Crippen LogP contribution >= 0.6 is 0 Å². The van der Waals surface area contributed by atoms with Gasteiger partial charge in [-0.25, -0.2) is 4.79 Å². The van der Waals surface area contributed by atoms with Crippen LogP contribution in [0.1, 0.15) is 43.4 Å². The summed E-state index contributed by atoms with van der Waals surface area (Å²) in [7, 11) is 0. The average molecular weight is 402 g/mol. The van der Waals surface area contributed by atoms with Crippen molar-refractivity contribution < 1.29 is 24.9 Å². The number of unbranched alkanes of at least 4 members (excludes halogenated alkanes) is 1. The summed E-state index contributed by atoms with van der Waals surface area (Å²) in [4.78, 5) is 11.7. The molecule has 0 saturated heterocycles. The molecule has 7 heteroatoms. The normalized spacial score (nSPS) is 12.9. The second-order valence-electron chi connectivity index (χ2n) is 7.06. The fraction of sp³-hybridized carbons (Fsp3) is 0.409. The summed E-state index contributed by atoms with van der Waals surface area (Å²) in [5.41, 5.74) is 1.49. The van der Waals surface area contributed by atoms with Gasteiger partial charge in [0.1, 0.15) is 6.61 Å². The number of ether oxygens (including phenoxy) is 1. The van der Waals surface area contributed by atoms with E-state index in [0.29, 0.717) is 18.7 Å². The number of hydrogen-bond acceptors (Lipinski definition) is 6. The third-order valence-electron chi connectivity index (χ3n) is 4.59. The number of aliphatic hydroxyl groups excluding tert-OH is 1. The lowest BCUT2D eigenvalue weighted by molar-refractivity contribution is 0.139. The number of carbonyl (C=O) groups is 1. The van der Waals surface area contributed by atoms with Gasteiger partial charge in [0, 0.05) is 19.1 Å². The topological polar surface area (TPSA) is 111 Å². The van der Waals surface area contributed by atoms with Gasteiger partial charge in [-0.2, -0.15) is 0 Å². The highest BCUT2D eigenvalue weighted by Gasteiger charge is 2.11. The number of benzene rings is 2. The highest BCUT2D eigenvalue weighted by molar-refractivity contribution is 5.67. The molecule has 1 amide bonds. The third-order valence-corrected chi connectivity index (χ3v) is 4.59. The minimum Gasteiger partial charge on any atom is -0.504 e. The van der Waals surface area contributed by atoms with Gasteiger partial charge in [0.25, 0.3) is 0 Å². The van der Waals surface area contributed by atoms with Crippen molar-refractivity contribution in [2.24, 2.45) is 0 Å². The molecular formula is C22H30N2O5. The Morgan fingerprint density at radius 2 is 1.83 bits per heavy atom. The standard InChI is InChI=1S/C22H30N2O5/c1-16(24-14-21(27)18-10-11-19(25)20(26)13-18)7-5-6-12-23-22(28)29-15-17-8-3-2-4-9-17/h2-4,8-11,13,16,21,24-27H,5-7,12,14-15H2,1H3,(H,23,28). The maximum atomic E-state index is 11.7. The average Bonchev–Trinajstić information content (AvgIpc) is 2.73. The third kappa shape index (κ3) is 8.41. The predicted octanol–water partition coefficient (Wildman–Crippen LogP) is 3.21. The molecule has 0 aromatic heterocycles. The van der Waals surface area contributed by atoms with Crippen molar-refractivity contribution in [3.05, 3.63) is 59.7 Å². The van der Waals surface area contributed by atoms with Crippen LogP contribution in [-0.2, 0) is 11.3 Å². The number of rotatable bonds is 11. The fourth-order valence-corrected chi connectivity index (χ4v) is 2.82. The second-order valence-corrected chi connectivity index (χ2v) is 7.06. The summed E-state index contributed by atoms with van der Waals surface area (Å²) < 4.78 is 5.15. The zero-order valence-electron chi connectivity index (χ0n) is 16.7. The van der Waals surface area contributed by atoms with Gasteiger partial charge in [-0.3, -0.25) is 0 Å². The lowest BCUT2D eigenvalue weighted by Gasteiger charge is -2.18. The van der Waals surface area contributed by atoms with E-state index in [2.05, 4.69) is 10.6 Å². The van der Waals surface area contributed by atoms with E-state index in [4.69, 9.17) is 4.74 Å². The molecular weight excluding hydrogens is 372 g/mol. The van der Waals surface area contributed by atoms with Gasteiger partial charge in [0.05, 0.1) is 6.10 Å². The molecule has 0 bridgehead atoms. The first-order valence-corrected chi connectivity index (χ1v) is 9.83. The van der Waals surface area contributed by atoms with Crippen molar-refractivity contribution in [1.82, 2.24) is 10.6 Å². The smallest absolute Gasteiger partial charge is 0.407 e. The van der Waals surface area contributed by atoms with Gasteiger partial charge in [-0.15, -0.1) is 0 Å². The zero-order valence-corrected chi connectivity index (χ0v) is 16.7. The largest absolute Gasteiger partial charge is 0.504 e. The molecule has 0 fully saturated rings. The van der Waals surface area contributed by atoms with Gasteiger partial charge >= 0.3 is 6.09 Å². The number of phenols is 2. The molecule has 158 valence electrons. The summed E-state index contributed by atoms with van der Waals surface area (Å²) >= 11 is 0. The zero-order chi connectivity index (χ0) is 21.1. The molecule has 2 unspecified atom stereocenters. The van der Waals surface area contributed by atoms with E-state index in [-0.39, 0.29) is 24.1 Å². The van der Waals surface area contributed by atoms with Crippen LogP contribution in [0, 0.1) is 0 Å². The highest BCUT2D eigenvalue weighted by atomic mass is 16.5. The van der Waals surface area contributed by atoms with E-state index in [1.165, 1.54) is 12.1 Å². The Hall–Kier alpha value is -2.77. The van der Waals surface area contributed by atoms with Gasteiger partial charge in [-0.05, 0) is 43.0 Å². The van der Waals surface area contributed by atoms with Crippen molar-refractivity contribution in [3.8, 4) is 11.5 Å². The molecule has 5 N–H and O–H groups in total. The van der Waals surface area contributed by atoms with Crippen molar-refractivity contribution in [2.75, 3.05) is 13.1 Å². The Kier molecular flexibility index (Phi) is 9.27. The molecule has 2 rings (SSSR count). The number of amides is 1. The number of aromatic hydroxyl groups is 2. The number of carbonyl (C=O) groups excluding carboxylic acids is 1. The van der Waals surface area contributed by atoms with Gasteiger partial charge in [0.2, 0.25) is 0 Å². The quantitative estimate of drug-likeness (QED) is 0.292. The second kappa shape index (κ2) is 11.9. The van der Waals surface area contributed by atoms with E-state index >= 15 is 0 Å². The van der Waals surface area contributed by atoms with Crippen LogP contribution in [0.5, 0.6) is 11.5 Å². The van der Waals surface area contributed by atoms with E-state index in [9.17, 15) is 20.1 Å². The Morgan fingerprint density at radius 3 is 2.55 bits per heavy atom. The van der Waals surface area contributed by atoms with Crippen LogP contribution in [0.25, 0.3) is 0 Å². The molecule has 2 atom stereocenters. The summed E-state index contributed by atoms with van der Waals surface area (Å²) in [5.74, 6) is -0.454. The Labute approximate surface area is 171 Å². The lowest BCUT2D eigenvalue weighted by atomic mass is 10.1. The van der Waals surface area contributed by atoms with Crippen LogP contribution in [0.4, 0.5) is 4.79 Å². The molecule has 0 radical (unpaired) electrons. The summed E-state index contributed by atoms with van der Waals surface area (Å²) in [6.07, 6.45) is 1.46. The van der Waals surface area contributed by atoms with E-state index in [1.807, 2.05) is 37.3 Å². The number of nitrogens with one attached hydrogen (secondary N) is 2. The van der Waals surface area contributed by atoms with Crippen molar-refractivity contribution in [2.45, 2.75) is 44.9 Å². The molecule has 0 heterocycles. The molecule has 0 saturated carbocycles. The van der Waals surface area contributed by atoms with Crippen LogP contribution in [0.15, 0.2) is 48.5 Å².